The Morgan fingerprint density at radius 1 is 1.22 bits per heavy atom. The average Bonchev–Trinajstić information content (AvgIpc) is 2.51. The van der Waals surface area contributed by atoms with Crippen LogP contribution in [0.3, 0.4) is 0 Å². The monoisotopic (exact) mass is 349 g/mol. The first-order valence-electron chi connectivity index (χ1n) is 7.50. The maximum atomic E-state index is 12.1. The van der Waals surface area contributed by atoms with E-state index in [0.717, 1.165) is 34.5 Å². The Kier molecular flexibility index (Phi) is 4.51. The molecule has 3 rings (SSSR count). The summed E-state index contributed by atoms with van der Waals surface area (Å²) in [6.07, 6.45) is 0.765. The van der Waals surface area contributed by atoms with Crippen molar-refractivity contribution >= 4 is 40.5 Å². The van der Waals surface area contributed by atoms with E-state index in [1.807, 2.05) is 17.9 Å². The lowest BCUT2D eigenvalue weighted by atomic mass is 9.94. The molecule has 5 heteroatoms. The molecule has 120 valence electrons. The first-order chi connectivity index (χ1) is 11.0. The summed E-state index contributed by atoms with van der Waals surface area (Å²) >= 11 is 12.6. The number of halogens is 2. The molecule has 1 aliphatic heterocycles. The van der Waals surface area contributed by atoms with Gasteiger partial charge in [0, 0.05) is 12.1 Å². The molecular formula is C18H17Cl2NO2. The fourth-order valence-electron chi connectivity index (χ4n) is 2.91. The molecule has 3 nitrogen and oxygen atoms in total. The van der Waals surface area contributed by atoms with E-state index in [1.165, 1.54) is 0 Å². The van der Waals surface area contributed by atoms with Crippen molar-refractivity contribution in [2.45, 2.75) is 20.3 Å². The summed E-state index contributed by atoms with van der Waals surface area (Å²) in [4.78, 5) is 14.0. The number of aryl methyl sites for hydroxylation is 1. The second-order valence-electron chi connectivity index (χ2n) is 5.57. The van der Waals surface area contributed by atoms with Gasteiger partial charge in [0.1, 0.15) is 6.54 Å². The van der Waals surface area contributed by atoms with E-state index in [4.69, 9.17) is 27.9 Å². The van der Waals surface area contributed by atoms with Crippen molar-refractivity contribution in [1.29, 1.82) is 0 Å². The summed E-state index contributed by atoms with van der Waals surface area (Å²) in [6.45, 7) is 4.28. The summed E-state index contributed by atoms with van der Waals surface area (Å²) < 4.78 is 5.12. The molecule has 0 saturated heterocycles. The Hall–Kier alpha value is -1.71. The minimum Gasteiger partial charge on any atom is -0.465 e. The van der Waals surface area contributed by atoms with E-state index in [1.54, 1.807) is 13.0 Å². The molecule has 1 heterocycles. The number of rotatable bonds is 3. The molecule has 2 aromatic rings. The van der Waals surface area contributed by atoms with Gasteiger partial charge in [0.05, 0.1) is 22.3 Å². The number of nitrogens with zero attached hydrogens (tertiary/aromatic N) is 1. The minimum atomic E-state index is -0.288. The summed E-state index contributed by atoms with van der Waals surface area (Å²) in [6, 6.07) is 9.99. The molecule has 0 bridgehead atoms. The first-order valence-corrected chi connectivity index (χ1v) is 8.26. The molecule has 0 atom stereocenters. The van der Waals surface area contributed by atoms with Crippen LogP contribution >= 0.6 is 23.2 Å². The van der Waals surface area contributed by atoms with Gasteiger partial charge in [-0.25, -0.2) is 0 Å². The number of fused-ring (bicyclic) bond motifs is 2. The van der Waals surface area contributed by atoms with Crippen molar-refractivity contribution in [3.05, 3.63) is 57.1 Å². The number of hydrogen-bond donors (Lipinski definition) is 0. The van der Waals surface area contributed by atoms with Crippen molar-refractivity contribution in [2.24, 2.45) is 0 Å². The van der Waals surface area contributed by atoms with Gasteiger partial charge in [-0.1, -0.05) is 41.4 Å². The second kappa shape index (κ2) is 6.42. The van der Waals surface area contributed by atoms with E-state index < -0.39 is 0 Å². The highest BCUT2D eigenvalue weighted by atomic mass is 35.5. The molecule has 2 aromatic carbocycles. The number of esters is 1. The summed E-state index contributed by atoms with van der Waals surface area (Å²) in [7, 11) is 0. The molecule has 0 fully saturated rings. The van der Waals surface area contributed by atoms with Gasteiger partial charge >= 0.3 is 5.97 Å². The minimum absolute atomic E-state index is 0.108. The Morgan fingerprint density at radius 2 is 1.96 bits per heavy atom. The highest BCUT2D eigenvalue weighted by molar-refractivity contribution is 6.44. The summed E-state index contributed by atoms with van der Waals surface area (Å²) in [5.74, 6) is -0.288. The molecule has 0 saturated carbocycles. The van der Waals surface area contributed by atoms with Crippen LogP contribution in [-0.4, -0.2) is 19.1 Å². The zero-order chi connectivity index (χ0) is 16.6. The molecule has 0 aromatic heterocycles. The Labute approximate surface area is 145 Å². The Morgan fingerprint density at radius 3 is 2.70 bits per heavy atom. The van der Waals surface area contributed by atoms with E-state index in [9.17, 15) is 4.79 Å². The van der Waals surface area contributed by atoms with Crippen LogP contribution in [0.1, 0.15) is 23.6 Å². The third kappa shape index (κ3) is 3.04. The fraction of sp³-hybridized carbons (Fsp3) is 0.278. The normalized spacial score (nSPS) is 12.6. The van der Waals surface area contributed by atoms with Crippen LogP contribution in [0.2, 0.25) is 10.0 Å². The SMILES string of the molecule is CCOC(=O)CN1c2cc(C)ccc2Cc2ccc(Cl)c(Cl)c21. The van der Waals surface area contributed by atoms with Gasteiger partial charge in [0.2, 0.25) is 0 Å². The van der Waals surface area contributed by atoms with Gasteiger partial charge in [-0.3, -0.25) is 4.79 Å². The maximum Gasteiger partial charge on any atom is 0.325 e. The van der Waals surface area contributed by atoms with Gasteiger partial charge in [-0.05, 0) is 42.7 Å². The summed E-state index contributed by atoms with van der Waals surface area (Å²) in [5.41, 5.74) is 5.12. The van der Waals surface area contributed by atoms with Crippen molar-refractivity contribution in [3.63, 3.8) is 0 Å². The van der Waals surface area contributed by atoms with Gasteiger partial charge in [0.15, 0.2) is 0 Å². The predicted molar refractivity (Wildman–Crippen MR) is 94.1 cm³/mol. The lowest BCUT2D eigenvalue weighted by Crippen LogP contribution is -2.31. The van der Waals surface area contributed by atoms with E-state index in [2.05, 4.69) is 18.2 Å². The average molecular weight is 350 g/mol. The van der Waals surface area contributed by atoms with Crippen LogP contribution in [0.25, 0.3) is 0 Å². The van der Waals surface area contributed by atoms with E-state index in [0.29, 0.717) is 16.7 Å². The number of hydrogen-bond acceptors (Lipinski definition) is 3. The number of carbonyl (C=O) groups is 1. The predicted octanol–water partition coefficient (Wildman–Crippen LogP) is 4.91. The third-order valence-corrected chi connectivity index (χ3v) is 4.72. The van der Waals surface area contributed by atoms with Crippen LogP contribution < -0.4 is 4.90 Å². The molecule has 0 amide bonds. The van der Waals surface area contributed by atoms with Crippen molar-refractivity contribution in [1.82, 2.24) is 0 Å². The fourth-order valence-corrected chi connectivity index (χ4v) is 3.35. The zero-order valence-electron chi connectivity index (χ0n) is 13.0. The van der Waals surface area contributed by atoms with E-state index in [-0.39, 0.29) is 12.5 Å². The molecule has 0 aliphatic carbocycles. The van der Waals surface area contributed by atoms with Gasteiger partial charge in [0.25, 0.3) is 0 Å². The van der Waals surface area contributed by atoms with Crippen LogP contribution in [0.4, 0.5) is 11.4 Å². The number of ether oxygens (including phenoxy) is 1. The number of benzene rings is 2. The standard InChI is InChI=1S/C18H17Cl2NO2/c1-3-23-16(22)10-21-15-8-11(2)4-5-12(15)9-13-6-7-14(19)17(20)18(13)21/h4-8H,3,9-10H2,1-2H3. The molecular weight excluding hydrogens is 333 g/mol. The molecule has 0 radical (unpaired) electrons. The topological polar surface area (TPSA) is 29.5 Å². The Balaban J connectivity index is 2.13. The van der Waals surface area contributed by atoms with Crippen molar-refractivity contribution in [2.75, 3.05) is 18.1 Å². The molecule has 0 N–H and O–H groups in total. The van der Waals surface area contributed by atoms with Crippen molar-refractivity contribution in [3.8, 4) is 0 Å². The quantitative estimate of drug-likeness (QED) is 0.737. The van der Waals surface area contributed by atoms with Gasteiger partial charge < -0.3 is 9.64 Å². The van der Waals surface area contributed by atoms with Gasteiger partial charge in [-0.2, -0.15) is 0 Å². The Bertz CT molecular complexity index is 774. The highest BCUT2D eigenvalue weighted by Gasteiger charge is 2.28. The number of anilines is 2. The van der Waals surface area contributed by atoms with E-state index >= 15 is 0 Å². The highest BCUT2D eigenvalue weighted by Crippen LogP contribution is 2.45. The third-order valence-electron chi connectivity index (χ3n) is 3.93. The van der Waals surface area contributed by atoms with Crippen LogP contribution in [0, 0.1) is 6.92 Å². The second-order valence-corrected chi connectivity index (χ2v) is 6.35. The number of carbonyl (C=O) groups excluding carboxylic acids is 1. The van der Waals surface area contributed by atoms with Crippen LogP contribution in [-0.2, 0) is 16.0 Å². The molecule has 0 spiro atoms. The van der Waals surface area contributed by atoms with Crippen molar-refractivity contribution < 1.29 is 9.53 Å². The van der Waals surface area contributed by atoms with Crippen LogP contribution in [0.5, 0.6) is 0 Å². The molecule has 1 aliphatic rings. The zero-order valence-corrected chi connectivity index (χ0v) is 14.5. The summed E-state index contributed by atoms with van der Waals surface area (Å²) in [5, 5.41) is 0.955. The lowest BCUT2D eigenvalue weighted by molar-refractivity contribution is -0.141. The largest absolute Gasteiger partial charge is 0.465 e. The molecule has 0 unspecified atom stereocenters. The van der Waals surface area contributed by atoms with Gasteiger partial charge in [-0.15, -0.1) is 0 Å². The molecule has 23 heavy (non-hydrogen) atoms. The first kappa shape index (κ1) is 16.2. The smallest absolute Gasteiger partial charge is 0.325 e. The van der Waals surface area contributed by atoms with Crippen LogP contribution in [0.15, 0.2) is 30.3 Å². The maximum absolute atomic E-state index is 12.1. The lowest BCUT2D eigenvalue weighted by Gasteiger charge is -2.34.